The molecular formula is C16H19O6P. The molecular weight excluding hydrogens is 319 g/mol. The summed E-state index contributed by atoms with van der Waals surface area (Å²) in [5, 5.41) is 29.1. The van der Waals surface area contributed by atoms with Gasteiger partial charge in [-0.3, -0.25) is 4.57 Å². The predicted molar refractivity (Wildman–Crippen MR) is 85.9 cm³/mol. The summed E-state index contributed by atoms with van der Waals surface area (Å²) in [5.74, 6) is -0.234. The Morgan fingerprint density at radius 1 is 1.04 bits per heavy atom. The van der Waals surface area contributed by atoms with Gasteiger partial charge in [0.05, 0.1) is 11.4 Å². The van der Waals surface area contributed by atoms with E-state index < -0.39 is 13.7 Å². The van der Waals surface area contributed by atoms with Crippen LogP contribution in [0, 0.1) is 0 Å². The lowest BCUT2D eigenvalue weighted by molar-refractivity contribution is 0.160. The fourth-order valence-corrected chi connectivity index (χ4v) is 3.32. The van der Waals surface area contributed by atoms with Crippen LogP contribution in [0.2, 0.25) is 0 Å². The third kappa shape index (κ3) is 4.33. The lowest BCUT2D eigenvalue weighted by Crippen LogP contribution is -2.16. The second-order valence-corrected chi connectivity index (χ2v) is 7.10. The summed E-state index contributed by atoms with van der Waals surface area (Å²) in [4.78, 5) is 18.8. The van der Waals surface area contributed by atoms with Crippen LogP contribution < -0.4 is 5.30 Å². The lowest BCUT2D eigenvalue weighted by atomic mass is 9.92. The quantitative estimate of drug-likeness (QED) is 0.533. The average Bonchev–Trinajstić information content (AvgIpc) is 2.45. The number of rotatable bonds is 5. The Labute approximate surface area is 133 Å². The van der Waals surface area contributed by atoms with Crippen LogP contribution in [0.4, 0.5) is 0 Å². The third-order valence-electron chi connectivity index (χ3n) is 3.70. The fraction of sp³-hybridized carbons (Fsp3) is 0.250. The first-order chi connectivity index (χ1) is 10.7. The maximum Gasteiger partial charge on any atom is 0.356 e. The highest BCUT2D eigenvalue weighted by molar-refractivity contribution is 7.60. The molecule has 0 amide bonds. The Bertz CT molecular complexity index is 739. The zero-order chi connectivity index (χ0) is 17.2. The molecule has 0 saturated heterocycles. The third-order valence-corrected chi connectivity index (χ3v) is 4.73. The van der Waals surface area contributed by atoms with Gasteiger partial charge in [0.2, 0.25) is 0 Å². The Balaban J connectivity index is 2.29. The molecule has 2 atom stereocenters. The molecule has 0 aliphatic heterocycles. The van der Waals surface area contributed by atoms with E-state index in [4.69, 9.17) is 0 Å². The van der Waals surface area contributed by atoms with Gasteiger partial charge in [-0.1, -0.05) is 19.1 Å². The van der Waals surface area contributed by atoms with Crippen molar-refractivity contribution in [1.29, 1.82) is 0 Å². The second-order valence-electron chi connectivity index (χ2n) is 5.53. The molecule has 6 nitrogen and oxygen atoms in total. The van der Waals surface area contributed by atoms with E-state index in [0.29, 0.717) is 0 Å². The number of phenolic OH excluding ortho intramolecular Hbond substituents is 2. The number of aromatic hydroxyl groups is 2. The zero-order valence-corrected chi connectivity index (χ0v) is 13.4. The minimum atomic E-state index is -4.56. The molecule has 2 unspecified atom stereocenters. The zero-order valence-electron chi connectivity index (χ0n) is 12.5. The smallest absolute Gasteiger partial charge is 0.356 e. The molecule has 0 fully saturated rings. The van der Waals surface area contributed by atoms with Crippen LogP contribution in [0.15, 0.2) is 42.5 Å². The Morgan fingerprint density at radius 2 is 1.70 bits per heavy atom. The topological polar surface area (TPSA) is 118 Å². The number of phenols is 2. The molecule has 0 aromatic heterocycles. The maximum atomic E-state index is 11.5. The highest BCUT2D eigenvalue weighted by Crippen LogP contribution is 2.39. The van der Waals surface area contributed by atoms with Crippen molar-refractivity contribution in [3.05, 3.63) is 53.6 Å². The number of aliphatic hydroxyl groups is 1. The standard InChI is InChI=1S/C16H19O6P/c1-10(11-3-2-4-12(17)8-11)7-15(19)14-9-13(18)5-6-16(14)23(20,21)22/h2-6,8-10,15,17-19H,7H2,1H3,(H2,20,21,22). The maximum absolute atomic E-state index is 11.5. The van der Waals surface area contributed by atoms with E-state index in [1.807, 2.05) is 6.92 Å². The van der Waals surface area contributed by atoms with Gasteiger partial charge in [0, 0.05) is 0 Å². The fourth-order valence-electron chi connectivity index (χ4n) is 2.50. The summed E-state index contributed by atoms with van der Waals surface area (Å²) < 4.78 is 11.5. The minimum absolute atomic E-state index is 0.00494. The summed E-state index contributed by atoms with van der Waals surface area (Å²) in [5.41, 5.74) is 0.798. The van der Waals surface area contributed by atoms with Crippen LogP contribution in [-0.2, 0) is 4.57 Å². The SMILES string of the molecule is CC(CC(O)c1cc(O)ccc1P(=O)(O)O)c1cccc(O)c1. The van der Waals surface area contributed by atoms with Gasteiger partial charge in [-0.05, 0) is 53.8 Å². The van der Waals surface area contributed by atoms with Gasteiger partial charge in [0.15, 0.2) is 0 Å². The first-order valence-electron chi connectivity index (χ1n) is 7.04. The normalized spacial score (nSPS) is 14.4. The molecule has 0 radical (unpaired) electrons. The number of hydrogen-bond acceptors (Lipinski definition) is 4. The van der Waals surface area contributed by atoms with Crippen LogP contribution in [0.25, 0.3) is 0 Å². The first kappa shape index (κ1) is 17.5. The monoisotopic (exact) mass is 338 g/mol. The van der Waals surface area contributed by atoms with E-state index in [0.717, 1.165) is 17.7 Å². The van der Waals surface area contributed by atoms with E-state index in [1.54, 1.807) is 18.2 Å². The van der Waals surface area contributed by atoms with E-state index in [-0.39, 0.29) is 34.7 Å². The molecule has 2 aromatic rings. The van der Waals surface area contributed by atoms with Crippen LogP contribution in [0.5, 0.6) is 11.5 Å². The van der Waals surface area contributed by atoms with Crippen molar-refractivity contribution in [2.75, 3.05) is 0 Å². The van der Waals surface area contributed by atoms with E-state index in [1.165, 1.54) is 12.1 Å². The number of hydrogen-bond donors (Lipinski definition) is 5. The van der Waals surface area contributed by atoms with Crippen molar-refractivity contribution < 1.29 is 29.7 Å². The van der Waals surface area contributed by atoms with Crippen molar-refractivity contribution in [2.24, 2.45) is 0 Å². The van der Waals surface area contributed by atoms with Gasteiger partial charge in [-0.25, -0.2) is 0 Å². The van der Waals surface area contributed by atoms with Gasteiger partial charge in [0.25, 0.3) is 0 Å². The van der Waals surface area contributed by atoms with Crippen LogP contribution in [0.1, 0.15) is 36.5 Å². The van der Waals surface area contributed by atoms with Gasteiger partial charge in [0.1, 0.15) is 11.5 Å². The molecule has 2 aromatic carbocycles. The Hall–Kier alpha value is -1.85. The van der Waals surface area contributed by atoms with Crippen LogP contribution >= 0.6 is 7.60 Å². The van der Waals surface area contributed by atoms with E-state index in [9.17, 15) is 29.7 Å². The van der Waals surface area contributed by atoms with Crippen LogP contribution in [-0.4, -0.2) is 25.1 Å². The summed E-state index contributed by atoms with van der Waals surface area (Å²) in [6.07, 6.45) is -0.984. The Morgan fingerprint density at radius 3 is 2.30 bits per heavy atom. The molecule has 23 heavy (non-hydrogen) atoms. The molecule has 0 aliphatic carbocycles. The molecule has 0 saturated carbocycles. The molecule has 0 spiro atoms. The Kier molecular flexibility index (Phi) is 5.12. The highest BCUT2D eigenvalue weighted by atomic mass is 31.2. The van der Waals surface area contributed by atoms with E-state index in [2.05, 4.69) is 0 Å². The molecule has 124 valence electrons. The van der Waals surface area contributed by atoms with Crippen molar-refractivity contribution in [1.82, 2.24) is 0 Å². The van der Waals surface area contributed by atoms with Gasteiger partial charge < -0.3 is 25.1 Å². The average molecular weight is 338 g/mol. The molecule has 0 aliphatic rings. The number of benzene rings is 2. The summed E-state index contributed by atoms with van der Waals surface area (Å²) in [7, 11) is -4.56. The van der Waals surface area contributed by atoms with Crippen molar-refractivity contribution in [2.45, 2.75) is 25.4 Å². The minimum Gasteiger partial charge on any atom is -0.508 e. The molecule has 5 N–H and O–H groups in total. The van der Waals surface area contributed by atoms with Gasteiger partial charge in [-0.2, -0.15) is 0 Å². The summed E-state index contributed by atoms with van der Waals surface area (Å²) >= 11 is 0. The lowest BCUT2D eigenvalue weighted by Gasteiger charge is -2.20. The first-order valence-corrected chi connectivity index (χ1v) is 8.65. The largest absolute Gasteiger partial charge is 0.508 e. The van der Waals surface area contributed by atoms with Crippen molar-refractivity contribution in [3.63, 3.8) is 0 Å². The molecule has 2 rings (SSSR count). The second kappa shape index (κ2) is 6.72. The molecule has 0 heterocycles. The van der Waals surface area contributed by atoms with Gasteiger partial charge >= 0.3 is 7.60 Å². The van der Waals surface area contributed by atoms with Crippen LogP contribution in [0.3, 0.4) is 0 Å². The predicted octanol–water partition coefficient (Wildman–Crippen LogP) is 2.13. The van der Waals surface area contributed by atoms with E-state index >= 15 is 0 Å². The molecule has 7 heteroatoms. The highest BCUT2D eigenvalue weighted by Gasteiger charge is 2.26. The number of aliphatic hydroxyl groups excluding tert-OH is 1. The summed E-state index contributed by atoms with van der Waals surface area (Å²) in [6.45, 7) is 1.83. The van der Waals surface area contributed by atoms with Gasteiger partial charge in [-0.15, -0.1) is 0 Å². The van der Waals surface area contributed by atoms with Crippen molar-refractivity contribution >= 4 is 12.9 Å². The molecule has 0 bridgehead atoms. The summed E-state index contributed by atoms with van der Waals surface area (Å²) in [6, 6.07) is 10.0. The van der Waals surface area contributed by atoms with Crippen molar-refractivity contribution in [3.8, 4) is 11.5 Å².